The van der Waals surface area contributed by atoms with E-state index in [2.05, 4.69) is 11.8 Å². The van der Waals surface area contributed by atoms with Gasteiger partial charge >= 0.3 is 0 Å². The highest BCUT2D eigenvalue weighted by atomic mass is 16.5. The molecule has 0 aliphatic carbocycles. The minimum atomic E-state index is 0.777. The van der Waals surface area contributed by atoms with Crippen molar-refractivity contribution in [1.29, 1.82) is 0 Å². The molecule has 1 rings (SSSR count). The van der Waals surface area contributed by atoms with Crippen LogP contribution in [0.15, 0.2) is 0 Å². The molecule has 2 heteroatoms. The molecular formula is C9H19NO. The van der Waals surface area contributed by atoms with Gasteiger partial charge in [-0.2, -0.15) is 0 Å². The first-order chi connectivity index (χ1) is 5.34. The summed E-state index contributed by atoms with van der Waals surface area (Å²) < 4.78 is 5.05. The molecule has 2 nitrogen and oxygen atoms in total. The highest BCUT2D eigenvalue weighted by molar-refractivity contribution is 4.72. The first kappa shape index (κ1) is 9.01. The minimum absolute atomic E-state index is 0.777. The van der Waals surface area contributed by atoms with E-state index in [9.17, 15) is 0 Å². The second-order valence-corrected chi connectivity index (χ2v) is 3.37. The molecule has 1 atom stereocenters. The zero-order valence-corrected chi connectivity index (χ0v) is 7.68. The van der Waals surface area contributed by atoms with Crippen LogP contribution in [0.1, 0.15) is 26.2 Å². The largest absolute Gasteiger partial charge is 0.383 e. The summed E-state index contributed by atoms with van der Waals surface area (Å²) in [6.45, 7) is 5.57. The van der Waals surface area contributed by atoms with Crippen LogP contribution in [0.2, 0.25) is 0 Å². The fourth-order valence-corrected chi connectivity index (χ4v) is 1.70. The second kappa shape index (κ2) is 4.73. The van der Waals surface area contributed by atoms with Crippen molar-refractivity contribution in [2.24, 2.45) is 0 Å². The molecule has 0 aromatic heterocycles. The zero-order chi connectivity index (χ0) is 8.10. The number of piperidine rings is 1. The highest BCUT2D eigenvalue weighted by Crippen LogP contribution is 2.15. The third-order valence-electron chi connectivity index (χ3n) is 2.52. The van der Waals surface area contributed by atoms with Gasteiger partial charge in [-0.1, -0.05) is 6.42 Å². The lowest BCUT2D eigenvalue weighted by Crippen LogP contribution is -2.39. The maximum absolute atomic E-state index is 5.05. The van der Waals surface area contributed by atoms with Crippen molar-refractivity contribution in [2.75, 3.05) is 26.8 Å². The number of hydrogen-bond donors (Lipinski definition) is 0. The van der Waals surface area contributed by atoms with E-state index in [1.165, 1.54) is 25.8 Å². The van der Waals surface area contributed by atoms with Crippen LogP contribution >= 0.6 is 0 Å². The van der Waals surface area contributed by atoms with E-state index in [1.807, 2.05) is 0 Å². The zero-order valence-electron chi connectivity index (χ0n) is 7.68. The van der Waals surface area contributed by atoms with E-state index in [1.54, 1.807) is 7.11 Å². The van der Waals surface area contributed by atoms with Crippen LogP contribution in [0, 0.1) is 0 Å². The highest BCUT2D eigenvalue weighted by Gasteiger charge is 2.16. The SMILES string of the molecule is COCCN1CCCCC1C. The van der Waals surface area contributed by atoms with Crippen LogP contribution in [-0.2, 0) is 4.74 Å². The van der Waals surface area contributed by atoms with Gasteiger partial charge in [0.15, 0.2) is 0 Å². The molecule has 0 amide bonds. The van der Waals surface area contributed by atoms with Crippen molar-refractivity contribution < 1.29 is 4.74 Å². The lowest BCUT2D eigenvalue weighted by molar-refractivity contribution is 0.103. The fourth-order valence-electron chi connectivity index (χ4n) is 1.70. The van der Waals surface area contributed by atoms with E-state index < -0.39 is 0 Å². The summed E-state index contributed by atoms with van der Waals surface area (Å²) in [5, 5.41) is 0. The van der Waals surface area contributed by atoms with Crippen molar-refractivity contribution in [3.8, 4) is 0 Å². The quantitative estimate of drug-likeness (QED) is 0.615. The molecule has 0 radical (unpaired) electrons. The van der Waals surface area contributed by atoms with Crippen molar-refractivity contribution in [1.82, 2.24) is 4.90 Å². The van der Waals surface area contributed by atoms with Crippen molar-refractivity contribution >= 4 is 0 Å². The van der Waals surface area contributed by atoms with Crippen molar-refractivity contribution in [3.63, 3.8) is 0 Å². The molecule has 1 aliphatic heterocycles. The summed E-state index contributed by atoms with van der Waals surface area (Å²) in [6.07, 6.45) is 4.14. The Morgan fingerprint density at radius 2 is 2.27 bits per heavy atom. The minimum Gasteiger partial charge on any atom is -0.383 e. The molecular weight excluding hydrogens is 138 g/mol. The average molecular weight is 157 g/mol. The third-order valence-corrected chi connectivity index (χ3v) is 2.52. The van der Waals surface area contributed by atoms with Gasteiger partial charge in [0.25, 0.3) is 0 Å². The van der Waals surface area contributed by atoms with Gasteiger partial charge < -0.3 is 4.74 Å². The third kappa shape index (κ3) is 2.80. The smallest absolute Gasteiger partial charge is 0.0589 e. The predicted molar refractivity (Wildman–Crippen MR) is 46.8 cm³/mol. The van der Waals surface area contributed by atoms with E-state index in [-0.39, 0.29) is 0 Å². The normalized spacial score (nSPS) is 27.3. The van der Waals surface area contributed by atoms with Gasteiger partial charge in [0, 0.05) is 19.7 Å². The van der Waals surface area contributed by atoms with Crippen molar-refractivity contribution in [2.45, 2.75) is 32.2 Å². The molecule has 1 aliphatic rings. The second-order valence-electron chi connectivity index (χ2n) is 3.37. The lowest BCUT2D eigenvalue weighted by atomic mass is 10.0. The maximum atomic E-state index is 5.05. The van der Waals surface area contributed by atoms with E-state index in [4.69, 9.17) is 4.74 Å². The average Bonchev–Trinajstić information content (AvgIpc) is 2.03. The Morgan fingerprint density at radius 3 is 2.91 bits per heavy atom. The molecule has 0 aromatic carbocycles. The Hall–Kier alpha value is -0.0800. The molecule has 66 valence electrons. The van der Waals surface area contributed by atoms with Gasteiger partial charge in [0.2, 0.25) is 0 Å². The molecule has 1 heterocycles. The molecule has 11 heavy (non-hydrogen) atoms. The molecule has 1 unspecified atom stereocenters. The predicted octanol–water partition coefficient (Wildman–Crippen LogP) is 1.51. The lowest BCUT2D eigenvalue weighted by Gasteiger charge is -2.32. The topological polar surface area (TPSA) is 12.5 Å². The van der Waals surface area contributed by atoms with Crippen LogP contribution in [0.4, 0.5) is 0 Å². The Bertz CT molecular complexity index is 106. The summed E-state index contributed by atoms with van der Waals surface area (Å²) in [5.74, 6) is 0. The molecule has 1 saturated heterocycles. The number of ether oxygens (including phenoxy) is 1. The molecule has 1 fully saturated rings. The summed E-state index contributed by atoms with van der Waals surface area (Å²) in [7, 11) is 1.77. The van der Waals surface area contributed by atoms with Crippen LogP contribution in [0.3, 0.4) is 0 Å². The van der Waals surface area contributed by atoms with E-state index in [0.717, 1.165) is 19.2 Å². The Balaban J connectivity index is 2.18. The number of hydrogen-bond acceptors (Lipinski definition) is 2. The first-order valence-corrected chi connectivity index (χ1v) is 4.57. The molecule has 0 aromatic rings. The van der Waals surface area contributed by atoms with E-state index in [0.29, 0.717) is 0 Å². The standard InChI is InChI=1S/C9H19NO/c1-9-5-3-4-6-10(9)7-8-11-2/h9H,3-8H2,1-2H3. The van der Waals surface area contributed by atoms with E-state index >= 15 is 0 Å². The summed E-state index contributed by atoms with van der Waals surface area (Å²) in [4.78, 5) is 2.52. The maximum Gasteiger partial charge on any atom is 0.0589 e. The molecule has 0 spiro atoms. The van der Waals surface area contributed by atoms with Crippen LogP contribution in [-0.4, -0.2) is 37.7 Å². The van der Waals surface area contributed by atoms with Crippen LogP contribution in [0.25, 0.3) is 0 Å². The number of rotatable bonds is 3. The number of methoxy groups -OCH3 is 1. The summed E-state index contributed by atoms with van der Waals surface area (Å²) in [5.41, 5.74) is 0. The van der Waals surface area contributed by atoms with Gasteiger partial charge in [-0.25, -0.2) is 0 Å². The molecule has 0 N–H and O–H groups in total. The monoisotopic (exact) mass is 157 g/mol. The van der Waals surface area contributed by atoms with Gasteiger partial charge in [-0.3, -0.25) is 4.90 Å². The fraction of sp³-hybridized carbons (Fsp3) is 1.00. The van der Waals surface area contributed by atoms with Gasteiger partial charge in [0.1, 0.15) is 0 Å². The first-order valence-electron chi connectivity index (χ1n) is 4.57. The van der Waals surface area contributed by atoms with Gasteiger partial charge in [-0.05, 0) is 26.3 Å². The Labute approximate surface area is 69.5 Å². The Morgan fingerprint density at radius 1 is 1.45 bits per heavy atom. The number of likely N-dealkylation sites (tertiary alicyclic amines) is 1. The molecule has 0 bridgehead atoms. The summed E-state index contributed by atoms with van der Waals surface area (Å²) in [6, 6.07) is 0.777. The van der Waals surface area contributed by atoms with Crippen LogP contribution < -0.4 is 0 Å². The van der Waals surface area contributed by atoms with Crippen molar-refractivity contribution in [3.05, 3.63) is 0 Å². The van der Waals surface area contributed by atoms with Crippen LogP contribution in [0.5, 0.6) is 0 Å². The van der Waals surface area contributed by atoms with Gasteiger partial charge in [0.05, 0.1) is 6.61 Å². The molecule has 0 saturated carbocycles. The Kier molecular flexibility index (Phi) is 3.87. The summed E-state index contributed by atoms with van der Waals surface area (Å²) >= 11 is 0. The number of nitrogens with zero attached hydrogens (tertiary/aromatic N) is 1. The van der Waals surface area contributed by atoms with Gasteiger partial charge in [-0.15, -0.1) is 0 Å².